The Morgan fingerprint density at radius 1 is 1.29 bits per heavy atom. The van der Waals surface area contributed by atoms with Gasteiger partial charge in [0.1, 0.15) is 11.9 Å². The molecule has 1 heterocycles. The summed E-state index contributed by atoms with van der Waals surface area (Å²) in [6, 6.07) is 6.51. The topological polar surface area (TPSA) is 29.5 Å². The molecule has 0 amide bonds. The van der Waals surface area contributed by atoms with Gasteiger partial charge in [0.15, 0.2) is 0 Å². The van der Waals surface area contributed by atoms with Crippen LogP contribution in [-0.4, -0.2) is 35.6 Å². The largest absolute Gasteiger partial charge is 0.458 e. The number of rotatable bonds is 4. The van der Waals surface area contributed by atoms with Gasteiger partial charge in [-0.1, -0.05) is 6.42 Å². The van der Waals surface area contributed by atoms with Gasteiger partial charge in [-0.25, -0.2) is 9.18 Å². The molecule has 1 fully saturated rings. The van der Waals surface area contributed by atoms with Gasteiger partial charge in [0.2, 0.25) is 0 Å². The van der Waals surface area contributed by atoms with Crippen LogP contribution in [0.25, 0.3) is 0 Å². The lowest BCUT2D eigenvalue weighted by molar-refractivity contribution is 0.00811. The van der Waals surface area contributed by atoms with Crippen molar-refractivity contribution in [2.45, 2.75) is 58.2 Å². The number of likely N-dealkylation sites (tertiary alicyclic amines) is 1. The SMILES string of the molecule is CC(CN1C(C)CCCC1C)OC(=O)c1ccc(F)cc1. The van der Waals surface area contributed by atoms with E-state index in [2.05, 4.69) is 18.7 Å². The molecule has 1 aliphatic heterocycles. The highest BCUT2D eigenvalue weighted by Gasteiger charge is 2.26. The van der Waals surface area contributed by atoms with E-state index < -0.39 is 0 Å². The Morgan fingerprint density at radius 2 is 1.86 bits per heavy atom. The van der Waals surface area contributed by atoms with Crippen molar-refractivity contribution in [2.75, 3.05) is 6.54 Å². The molecular formula is C17H24FNO2. The van der Waals surface area contributed by atoms with E-state index in [4.69, 9.17) is 4.74 Å². The summed E-state index contributed by atoms with van der Waals surface area (Å²) < 4.78 is 18.3. The van der Waals surface area contributed by atoms with Crippen LogP contribution in [-0.2, 0) is 4.74 Å². The van der Waals surface area contributed by atoms with Crippen LogP contribution in [0.2, 0.25) is 0 Å². The number of carbonyl (C=O) groups is 1. The summed E-state index contributed by atoms with van der Waals surface area (Å²) in [5, 5.41) is 0. The smallest absolute Gasteiger partial charge is 0.338 e. The fourth-order valence-corrected chi connectivity index (χ4v) is 3.01. The fraction of sp³-hybridized carbons (Fsp3) is 0.588. The summed E-state index contributed by atoms with van der Waals surface area (Å²) in [6.45, 7) is 7.11. The highest BCUT2D eigenvalue weighted by molar-refractivity contribution is 5.89. The average molecular weight is 293 g/mol. The molecular weight excluding hydrogens is 269 g/mol. The van der Waals surface area contributed by atoms with Crippen LogP contribution in [0.4, 0.5) is 4.39 Å². The number of carbonyl (C=O) groups excluding carboxylic acids is 1. The minimum Gasteiger partial charge on any atom is -0.458 e. The summed E-state index contributed by atoms with van der Waals surface area (Å²) in [4.78, 5) is 14.4. The molecule has 0 spiro atoms. The summed E-state index contributed by atoms with van der Waals surface area (Å²) in [7, 11) is 0. The van der Waals surface area contributed by atoms with E-state index in [1.807, 2.05) is 6.92 Å². The number of hydrogen-bond donors (Lipinski definition) is 0. The molecule has 1 aromatic carbocycles. The second kappa shape index (κ2) is 7.03. The van der Waals surface area contributed by atoms with Crippen LogP contribution in [0.15, 0.2) is 24.3 Å². The van der Waals surface area contributed by atoms with Crippen LogP contribution >= 0.6 is 0 Å². The van der Waals surface area contributed by atoms with E-state index in [1.165, 1.54) is 43.5 Å². The van der Waals surface area contributed by atoms with Crippen molar-refractivity contribution in [1.82, 2.24) is 4.90 Å². The van der Waals surface area contributed by atoms with Crippen molar-refractivity contribution in [3.8, 4) is 0 Å². The van der Waals surface area contributed by atoms with Crippen LogP contribution in [0.1, 0.15) is 50.4 Å². The first-order valence-electron chi connectivity index (χ1n) is 7.69. The Balaban J connectivity index is 1.90. The number of ether oxygens (including phenoxy) is 1. The molecule has 0 aromatic heterocycles. The van der Waals surface area contributed by atoms with Crippen LogP contribution in [0.3, 0.4) is 0 Å². The molecule has 4 heteroatoms. The molecule has 0 bridgehead atoms. The number of hydrogen-bond acceptors (Lipinski definition) is 3. The standard InChI is InChI=1S/C17H24FNO2/c1-12-5-4-6-13(2)19(12)11-14(3)21-17(20)15-7-9-16(18)10-8-15/h7-10,12-14H,4-6,11H2,1-3H3. The molecule has 1 aromatic rings. The lowest BCUT2D eigenvalue weighted by Gasteiger charge is -2.40. The molecule has 3 unspecified atom stereocenters. The zero-order chi connectivity index (χ0) is 15.4. The van der Waals surface area contributed by atoms with Gasteiger partial charge in [-0.3, -0.25) is 4.90 Å². The Morgan fingerprint density at radius 3 is 2.43 bits per heavy atom. The molecule has 3 nitrogen and oxygen atoms in total. The highest BCUT2D eigenvalue weighted by Crippen LogP contribution is 2.23. The molecule has 3 atom stereocenters. The Bertz CT molecular complexity index is 464. The van der Waals surface area contributed by atoms with Gasteiger partial charge in [0.05, 0.1) is 5.56 Å². The fourth-order valence-electron chi connectivity index (χ4n) is 3.01. The van der Waals surface area contributed by atoms with E-state index in [0.717, 1.165) is 6.54 Å². The van der Waals surface area contributed by atoms with E-state index in [-0.39, 0.29) is 17.9 Å². The van der Waals surface area contributed by atoms with Gasteiger partial charge < -0.3 is 4.74 Å². The molecule has 0 aliphatic carbocycles. The number of halogens is 1. The first kappa shape index (κ1) is 16.0. The highest BCUT2D eigenvalue weighted by atomic mass is 19.1. The van der Waals surface area contributed by atoms with Gasteiger partial charge in [0.25, 0.3) is 0 Å². The second-order valence-corrected chi connectivity index (χ2v) is 6.05. The van der Waals surface area contributed by atoms with Gasteiger partial charge in [0, 0.05) is 18.6 Å². The molecule has 0 radical (unpaired) electrons. The first-order valence-corrected chi connectivity index (χ1v) is 7.69. The monoisotopic (exact) mass is 293 g/mol. The maximum atomic E-state index is 12.8. The maximum absolute atomic E-state index is 12.8. The quantitative estimate of drug-likeness (QED) is 0.794. The minimum absolute atomic E-state index is 0.175. The van der Waals surface area contributed by atoms with Gasteiger partial charge >= 0.3 is 5.97 Å². The van der Waals surface area contributed by atoms with E-state index in [0.29, 0.717) is 17.6 Å². The Hall–Kier alpha value is -1.42. The van der Waals surface area contributed by atoms with E-state index >= 15 is 0 Å². The summed E-state index contributed by atoms with van der Waals surface area (Å²) in [5.41, 5.74) is 0.392. The Labute approximate surface area is 126 Å². The van der Waals surface area contributed by atoms with Crippen LogP contribution < -0.4 is 0 Å². The van der Waals surface area contributed by atoms with Gasteiger partial charge in [-0.15, -0.1) is 0 Å². The average Bonchev–Trinajstić information content (AvgIpc) is 2.43. The lowest BCUT2D eigenvalue weighted by atomic mass is 9.97. The molecule has 0 N–H and O–H groups in total. The third-order valence-electron chi connectivity index (χ3n) is 4.23. The van der Waals surface area contributed by atoms with Crippen molar-refractivity contribution in [3.63, 3.8) is 0 Å². The molecule has 1 saturated heterocycles. The van der Waals surface area contributed by atoms with Crippen LogP contribution in [0, 0.1) is 5.82 Å². The summed E-state index contributed by atoms with van der Waals surface area (Å²) in [5.74, 6) is -0.740. The maximum Gasteiger partial charge on any atom is 0.338 e. The number of esters is 1. The zero-order valence-electron chi connectivity index (χ0n) is 13.0. The lowest BCUT2D eigenvalue weighted by Crippen LogP contribution is -2.47. The second-order valence-electron chi connectivity index (χ2n) is 6.05. The zero-order valence-corrected chi connectivity index (χ0v) is 13.0. The van der Waals surface area contributed by atoms with Crippen molar-refractivity contribution >= 4 is 5.97 Å². The summed E-state index contributed by atoms with van der Waals surface area (Å²) in [6.07, 6.45) is 3.49. The van der Waals surface area contributed by atoms with Crippen molar-refractivity contribution in [2.24, 2.45) is 0 Å². The molecule has 0 saturated carbocycles. The third kappa shape index (κ3) is 4.27. The Kier molecular flexibility index (Phi) is 5.34. The van der Waals surface area contributed by atoms with E-state index in [9.17, 15) is 9.18 Å². The van der Waals surface area contributed by atoms with Crippen molar-refractivity contribution in [3.05, 3.63) is 35.6 Å². The predicted octanol–water partition coefficient (Wildman–Crippen LogP) is 3.63. The van der Waals surface area contributed by atoms with E-state index in [1.54, 1.807) is 0 Å². The first-order chi connectivity index (χ1) is 9.97. The van der Waals surface area contributed by atoms with Gasteiger partial charge in [-0.2, -0.15) is 0 Å². The van der Waals surface area contributed by atoms with Crippen molar-refractivity contribution in [1.29, 1.82) is 0 Å². The summed E-state index contributed by atoms with van der Waals surface area (Å²) >= 11 is 0. The van der Waals surface area contributed by atoms with Gasteiger partial charge in [-0.05, 0) is 57.9 Å². The predicted molar refractivity (Wildman–Crippen MR) is 80.8 cm³/mol. The molecule has 1 aliphatic rings. The number of piperidine rings is 1. The number of benzene rings is 1. The normalized spacial score (nSPS) is 24.6. The van der Waals surface area contributed by atoms with Crippen molar-refractivity contribution < 1.29 is 13.9 Å². The third-order valence-corrected chi connectivity index (χ3v) is 4.23. The molecule has 2 rings (SSSR count). The minimum atomic E-state index is -0.389. The number of nitrogens with zero attached hydrogens (tertiary/aromatic N) is 1. The molecule has 116 valence electrons. The van der Waals surface area contributed by atoms with Crippen LogP contribution in [0.5, 0.6) is 0 Å². The molecule has 21 heavy (non-hydrogen) atoms.